The lowest BCUT2D eigenvalue weighted by Gasteiger charge is -2.58. The van der Waals surface area contributed by atoms with Gasteiger partial charge in [0.25, 0.3) is 0 Å². The molecule has 1 N–H and O–H groups in total. The summed E-state index contributed by atoms with van der Waals surface area (Å²) in [6.07, 6.45) is 8.17. The fourth-order valence-electron chi connectivity index (χ4n) is 5.29. The summed E-state index contributed by atoms with van der Waals surface area (Å²) in [5, 5.41) is 12.2. The van der Waals surface area contributed by atoms with Crippen LogP contribution in [-0.2, 0) is 4.79 Å². The van der Waals surface area contributed by atoms with Crippen LogP contribution in [0.1, 0.15) is 44.9 Å². The molecule has 0 radical (unpaired) electrons. The maximum Gasteiger partial charge on any atom is 0.221 e. The van der Waals surface area contributed by atoms with Gasteiger partial charge in [-0.2, -0.15) is 5.26 Å². The highest BCUT2D eigenvalue weighted by Gasteiger charge is 2.54. The molecule has 4 aliphatic carbocycles. The molecular weight excluding hydrogens is 224 g/mol. The predicted octanol–water partition coefficient (Wildman–Crippen LogP) is 2.48. The Bertz CT molecular complexity index is 361. The van der Waals surface area contributed by atoms with E-state index >= 15 is 0 Å². The molecule has 18 heavy (non-hydrogen) atoms. The van der Waals surface area contributed by atoms with Crippen LogP contribution in [0.15, 0.2) is 0 Å². The van der Waals surface area contributed by atoms with E-state index in [2.05, 4.69) is 11.4 Å². The molecule has 1 unspecified atom stereocenters. The monoisotopic (exact) mass is 246 g/mol. The largest absolute Gasteiger partial charge is 0.359 e. The van der Waals surface area contributed by atoms with Crippen molar-refractivity contribution in [1.82, 2.24) is 5.32 Å². The molecule has 1 amide bonds. The van der Waals surface area contributed by atoms with Crippen molar-refractivity contribution in [2.24, 2.45) is 29.1 Å². The molecule has 0 heterocycles. The molecular formula is C15H22N2O. The molecule has 4 fully saturated rings. The number of nitrogens with one attached hydrogen (secondary N) is 1. The lowest BCUT2D eigenvalue weighted by molar-refractivity contribution is -0.125. The summed E-state index contributed by atoms with van der Waals surface area (Å²) >= 11 is 0. The van der Waals surface area contributed by atoms with Crippen LogP contribution in [0.5, 0.6) is 0 Å². The lowest BCUT2D eigenvalue weighted by atomic mass is 9.46. The standard InChI is InChI=1S/C15H22N2O/c1-17-14(18)5-13(9-16)15-6-10-2-11(7-15)4-12(3-10)8-15/h10-13H,2-8H2,1H3,(H,17,18). The van der Waals surface area contributed by atoms with E-state index in [0.29, 0.717) is 6.42 Å². The number of nitriles is 1. The van der Waals surface area contributed by atoms with Crippen LogP contribution < -0.4 is 5.32 Å². The van der Waals surface area contributed by atoms with Gasteiger partial charge in [0.1, 0.15) is 0 Å². The van der Waals surface area contributed by atoms with E-state index in [4.69, 9.17) is 0 Å². The van der Waals surface area contributed by atoms with Gasteiger partial charge >= 0.3 is 0 Å². The van der Waals surface area contributed by atoms with Crippen molar-refractivity contribution in [3.63, 3.8) is 0 Å². The van der Waals surface area contributed by atoms with Gasteiger partial charge in [-0.1, -0.05) is 0 Å². The van der Waals surface area contributed by atoms with Gasteiger partial charge < -0.3 is 5.32 Å². The smallest absolute Gasteiger partial charge is 0.221 e. The molecule has 3 nitrogen and oxygen atoms in total. The van der Waals surface area contributed by atoms with Crippen molar-refractivity contribution in [3.05, 3.63) is 0 Å². The van der Waals surface area contributed by atoms with Gasteiger partial charge in [-0.25, -0.2) is 0 Å². The van der Waals surface area contributed by atoms with Crippen molar-refractivity contribution in [1.29, 1.82) is 5.26 Å². The number of nitrogens with zero attached hydrogens (tertiary/aromatic N) is 1. The van der Waals surface area contributed by atoms with Gasteiger partial charge in [0, 0.05) is 13.5 Å². The molecule has 0 aromatic heterocycles. The number of carbonyl (C=O) groups is 1. The Morgan fingerprint density at radius 3 is 2.17 bits per heavy atom. The summed E-state index contributed by atoms with van der Waals surface area (Å²) in [4.78, 5) is 11.6. The predicted molar refractivity (Wildman–Crippen MR) is 68.4 cm³/mol. The number of hydrogen-bond donors (Lipinski definition) is 1. The van der Waals surface area contributed by atoms with E-state index in [9.17, 15) is 10.1 Å². The first-order valence-electron chi connectivity index (χ1n) is 7.25. The van der Waals surface area contributed by atoms with Crippen LogP contribution in [0.4, 0.5) is 0 Å². The minimum atomic E-state index is -0.0640. The van der Waals surface area contributed by atoms with Gasteiger partial charge in [-0.15, -0.1) is 0 Å². The van der Waals surface area contributed by atoms with Gasteiger partial charge in [0.05, 0.1) is 12.0 Å². The molecule has 0 spiro atoms. The van der Waals surface area contributed by atoms with Crippen LogP contribution in [0.2, 0.25) is 0 Å². The van der Waals surface area contributed by atoms with Crippen molar-refractivity contribution >= 4 is 5.91 Å². The lowest BCUT2D eigenvalue weighted by Crippen LogP contribution is -2.50. The summed E-state index contributed by atoms with van der Waals surface area (Å²) in [6, 6.07) is 2.46. The zero-order valence-corrected chi connectivity index (χ0v) is 11.1. The normalized spacial score (nSPS) is 42.3. The molecule has 98 valence electrons. The molecule has 4 rings (SSSR count). The summed E-state index contributed by atoms with van der Waals surface area (Å²) in [6.45, 7) is 0. The Kier molecular flexibility index (Phi) is 2.84. The van der Waals surface area contributed by atoms with Gasteiger partial charge in [0.2, 0.25) is 5.91 Å². The van der Waals surface area contributed by atoms with Crippen LogP contribution in [0.25, 0.3) is 0 Å². The molecule has 0 aromatic rings. The second-order valence-electron chi connectivity index (χ2n) is 6.84. The Morgan fingerprint density at radius 2 is 1.78 bits per heavy atom. The Hall–Kier alpha value is -1.04. The van der Waals surface area contributed by atoms with Crippen LogP contribution in [-0.4, -0.2) is 13.0 Å². The topological polar surface area (TPSA) is 52.9 Å². The van der Waals surface area contributed by atoms with E-state index in [1.54, 1.807) is 7.05 Å². The second kappa shape index (κ2) is 4.26. The summed E-state index contributed by atoms with van der Waals surface area (Å²) in [5.74, 6) is 2.49. The average molecular weight is 246 g/mol. The molecule has 4 saturated carbocycles. The molecule has 4 bridgehead atoms. The number of hydrogen-bond acceptors (Lipinski definition) is 2. The first-order chi connectivity index (χ1) is 8.65. The number of amides is 1. The van der Waals surface area contributed by atoms with Crippen molar-refractivity contribution in [2.75, 3.05) is 7.05 Å². The molecule has 0 aliphatic heterocycles. The SMILES string of the molecule is CNC(=O)CC(C#N)C12CC3CC(CC(C3)C1)C2. The fraction of sp³-hybridized carbons (Fsp3) is 0.867. The van der Waals surface area contributed by atoms with E-state index in [-0.39, 0.29) is 17.2 Å². The van der Waals surface area contributed by atoms with Crippen LogP contribution in [0, 0.1) is 40.4 Å². The van der Waals surface area contributed by atoms with Crippen LogP contribution >= 0.6 is 0 Å². The fourth-order valence-corrected chi connectivity index (χ4v) is 5.29. The second-order valence-corrected chi connectivity index (χ2v) is 6.84. The van der Waals surface area contributed by atoms with Gasteiger partial charge in [-0.3, -0.25) is 4.79 Å². The quantitative estimate of drug-likeness (QED) is 0.831. The van der Waals surface area contributed by atoms with Crippen molar-refractivity contribution in [3.8, 4) is 6.07 Å². The molecule has 3 heteroatoms. The first-order valence-corrected chi connectivity index (χ1v) is 7.25. The van der Waals surface area contributed by atoms with Crippen molar-refractivity contribution in [2.45, 2.75) is 44.9 Å². The number of carbonyl (C=O) groups excluding carboxylic acids is 1. The minimum absolute atomic E-state index is 0.0253. The Labute approximate surface area is 109 Å². The van der Waals surface area contributed by atoms with Gasteiger partial charge in [0.15, 0.2) is 0 Å². The first kappa shape index (κ1) is 12.0. The molecule has 1 atom stereocenters. The van der Waals surface area contributed by atoms with E-state index in [1.165, 1.54) is 38.5 Å². The zero-order valence-electron chi connectivity index (χ0n) is 11.1. The summed E-state index contributed by atoms with van der Waals surface area (Å²) < 4.78 is 0. The highest BCUT2D eigenvalue weighted by atomic mass is 16.1. The Morgan fingerprint density at radius 1 is 1.28 bits per heavy atom. The molecule has 0 aromatic carbocycles. The van der Waals surface area contributed by atoms with E-state index in [1.807, 2.05) is 0 Å². The third-order valence-electron chi connectivity index (χ3n) is 5.65. The van der Waals surface area contributed by atoms with Crippen LogP contribution in [0.3, 0.4) is 0 Å². The minimum Gasteiger partial charge on any atom is -0.359 e. The molecule has 0 saturated heterocycles. The van der Waals surface area contributed by atoms with Gasteiger partial charge in [-0.05, 0) is 61.7 Å². The number of rotatable bonds is 3. The van der Waals surface area contributed by atoms with Crippen molar-refractivity contribution < 1.29 is 4.79 Å². The highest BCUT2D eigenvalue weighted by Crippen LogP contribution is 2.63. The maximum atomic E-state index is 11.6. The highest BCUT2D eigenvalue weighted by molar-refractivity contribution is 5.76. The zero-order chi connectivity index (χ0) is 12.8. The summed E-state index contributed by atoms with van der Waals surface area (Å²) in [7, 11) is 1.66. The third kappa shape index (κ3) is 1.83. The maximum absolute atomic E-state index is 11.6. The average Bonchev–Trinajstić information content (AvgIpc) is 2.33. The summed E-state index contributed by atoms with van der Waals surface area (Å²) in [5.41, 5.74) is 0.177. The Balaban J connectivity index is 1.81. The molecule has 4 aliphatic rings. The van der Waals surface area contributed by atoms with E-state index in [0.717, 1.165) is 17.8 Å². The van der Waals surface area contributed by atoms with E-state index < -0.39 is 0 Å². The third-order valence-corrected chi connectivity index (χ3v) is 5.65.